The molecule has 2 rings (SSSR count). The third-order valence-electron chi connectivity index (χ3n) is 3.20. The molecule has 0 atom stereocenters. The third kappa shape index (κ3) is 4.98. The summed E-state index contributed by atoms with van der Waals surface area (Å²) < 4.78 is 9.92. The fourth-order valence-corrected chi connectivity index (χ4v) is 2.00. The van der Waals surface area contributed by atoms with Gasteiger partial charge in [-0.2, -0.15) is 0 Å². The minimum Gasteiger partial charge on any atom is -0.497 e. The first kappa shape index (κ1) is 17.3. The Bertz CT molecular complexity index is 735. The van der Waals surface area contributed by atoms with E-state index in [1.165, 1.54) is 6.08 Å². The second-order valence-electron chi connectivity index (χ2n) is 4.89. The summed E-state index contributed by atoms with van der Waals surface area (Å²) in [6.07, 6.45) is 3.03. The normalized spacial score (nSPS) is 10.4. The zero-order valence-corrected chi connectivity index (χ0v) is 13.6. The predicted octanol–water partition coefficient (Wildman–Crippen LogP) is 3.52. The van der Waals surface area contributed by atoms with Crippen molar-refractivity contribution < 1.29 is 19.1 Å². The van der Waals surface area contributed by atoms with Crippen LogP contribution < -0.4 is 10.1 Å². The van der Waals surface area contributed by atoms with Gasteiger partial charge in [-0.05, 0) is 48.9 Å². The van der Waals surface area contributed by atoms with Crippen molar-refractivity contribution in [1.29, 1.82) is 0 Å². The van der Waals surface area contributed by atoms with Gasteiger partial charge in [0.05, 0.1) is 13.7 Å². The van der Waals surface area contributed by atoms with Gasteiger partial charge in [-0.1, -0.05) is 18.2 Å². The Morgan fingerprint density at radius 1 is 1.12 bits per heavy atom. The van der Waals surface area contributed by atoms with Crippen LogP contribution in [-0.4, -0.2) is 25.6 Å². The Morgan fingerprint density at radius 3 is 2.54 bits per heavy atom. The number of amides is 1. The van der Waals surface area contributed by atoms with Crippen LogP contribution in [0.4, 0.5) is 5.69 Å². The van der Waals surface area contributed by atoms with E-state index in [1.54, 1.807) is 68.6 Å². The van der Waals surface area contributed by atoms with E-state index in [1.807, 2.05) is 0 Å². The van der Waals surface area contributed by atoms with E-state index in [4.69, 9.17) is 9.47 Å². The topological polar surface area (TPSA) is 64.6 Å². The number of anilines is 1. The van der Waals surface area contributed by atoms with Gasteiger partial charge in [0.1, 0.15) is 5.75 Å². The molecule has 0 saturated carbocycles. The second-order valence-corrected chi connectivity index (χ2v) is 4.89. The Morgan fingerprint density at radius 2 is 1.88 bits per heavy atom. The number of hydrogen-bond donors (Lipinski definition) is 1. The molecule has 2 aromatic rings. The van der Waals surface area contributed by atoms with Gasteiger partial charge in [-0.25, -0.2) is 4.79 Å². The monoisotopic (exact) mass is 325 g/mol. The first-order chi connectivity index (χ1) is 11.6. The number of esters is 1. The first-order valence-electron chi connectivity index (χ1n) is 7.52. The lowest BCUT2D eigenvalue weighted by Crippen LogP contribution is -2.11. The average molecular weight is 325 g/mol. The molecule has 124 valence electrons. The number of benzene rings is 2. The van der Waals surface area contributed by atoms with Crippen molar-refractivity contribution in [3.05, 3.63) is 65.7 Å². The summed E-state index contributed by atoms with van der Waals surface area (Å²) in [5.74, 6) is 0.0266. The van der Waals surface area contributed by atoms with Gasteiger partial charge in [0.15, 0.2) is 0 Å². The maximum Gasteiger partial charge on any atom is 0.330 e. The number of hydrogen-bond acceptors (Lipinski definition) is 4. The van der Waals surface area contributed by atoms with E-state index in [0.29, 0.717) is 23.6 Å². The van der Waals surface area contributed by atoms with Gasteiger partial charge in [-0.3, -0.25) is 4.79 Å². The highest BCUT2D eigenvalue weighted by atomic mass is 16.5. The first-order valence-corrected chi connectivity index (χ1v) is 7.52. The van der Waals surface area contributed by atoms with Gasteiger partial charge in [0.25, 0.3) is 5.91 Å². The van der Waals surface area contributed by atoms with E-state index < -0.39 is 0 Å². The molecule has 0 bridgehead atoms. The SMILES string of the molecule is CCOC(=O)/C=C/c1ccc(NC(=O)c2cccc(OC)c2)cc1. The Hall–Kier alpha value is -3.08. The lowest BCUT2D eigenvalue weighted by Gasteiger charge is -2.07. The number of ether oxygens (including phenoxy) is 2. The molecule has 0 radical (unpaired) electrons. The molecule has 2 aromatic carbocycles. The summed E-state index contributed by atoms with van der Waals surface area (Å²) in [6.45, 7) is 2.10. The smallest absolute Gasteiger partial charge is 0.330 e. The van der Waals surface area contributed by atoms with Crippen LogP contribution in [-0.2, 0) is 9.53 Å². The molecule has 0 aromatic heterocycles. The van der Waals surface area contributed by atoms with E-state index in [2.05, 4.69) is 5.32 Å². The van der Waals surface area contributed by atoms with Gasteiger partial charge < -0.3 is 14.8 Å². The molecule has 0 saturated heterocycles. The third-order valence-corrected chi connectivity index (χ3v) is 3.20. The summed E-state index contributed by atoms with van der Waals surface area (Å²) in [6, 6.07) is 14.1. The van der Waals surface area contributed by atoms with Crippen LogP contribution in [0.15, 0.2) is 54.6 Å². The number of nitrogens with one attached hydrogen (secondary N) is 1. The van der Waals surface area contributed by atoms with Crippen LogP contribution in [0.25, 0.3) is 6.08 Å². The largest absolute Gasteiger partial charge is 0.497 e. The molecule has 1 N–H and O–H groups in total. The molecule has 5 heteroatoms. The summed E-state index contributed by atoms with van der Waals surface area (Å²) >= 11 is 0. The molecule has 24 heavy (non-hydrogen) atoms. The average Bonchev–Trinajstić information content (AvgIpc) is 2.61. The van der Waals surface area contributed by atoms with Gasteiger partial charge in [-0.15, -0.1) is 0 Å². The maximum atomic E-state index is 12.2. The van der Waals surface area contributed by atoms with Crippen molar-refractivity contribution in [2.24, 2.45) is 0 Å². The molecule has 0 aliphatic rings. The van der Waals surface area contributed by atoms with Crippen LogP contribution in [0.5, 0.6) is 5.75 Å². The molecule has 0 aliphatic carbocycles. The van der Waals surface area contributed by atoms with Crippen LogP contribution in [0.2, 0.25) is 0 Å². The number of carbonyl (C=O) groups excluding carboxylic acids is 2. The minimum absolute atomic E-state index is 0.219. The highest BCUT2D eigenvalue weighted by molar-refractivity contribution is 6.04. The van der Waals surface area contributed by atoms with E-state index >= 15 is 0 Å². The van der Waals surface area contributed by atoms with Crippen molar-refractivity contribution in [3.8, 4) is 5.75 Å². The van der Waals surface area contributed by atoms with Gasteiger partial charge >= 0.3 is 5.97 Å². The van der Waals surface area contributed by atoms with Crippen molar-refractivity contribution in [2.75, 3.05) is 19.0 Å². The van der Waals surface area contributed by atoms with Crippen molar-refractivity contribution in [2.45, 2.75) is 6.92 Å². The van der Waals surface area contributed by atoms with Crippen LogP contribution in [0.1, 0.15) is 22.8 Å². The molecule has 0 aliphatic heterocycles. The zero-order valence-electron chi connectivity index (χ0n) is 13.6. The molecule has 1 amide bonds. The quantitative estimate of drug-likeness (QED) is 0.652. The summed E-state index contributed by atoms with van der Waals surface area (Å²) in [5, 5.41) is 2.81. The van der Waals surface area contributed by atoms with Gasteiger partial charge in [0.2, 0.25) is 0 Å². The number of rotatable bonds is 6. The Labute approximate surface area is 140 Å². The summed E-state index contributed by atoms with van der Waals surface area (Å²) in [5.41, 5.74) is 2.01. The van der Waals surface area contributed by atoms with E-state index in [9.17, 15) is 9.59 Å². The van der Waals surface area contributed by atoms with Crippen LogP contribution in [0.3, 0.4) is 0 Å². The Kier molecular flexibility index (Phi) is 6.14. The van der Waals surface area contributed by atoms with Crippen LogP contribution in [0, 0.1) is 0 Å². The molecule has 0 unspecified atom stereocenters. The number of carbonyl (C=O) groups is 2. The highest BCUT2D eigenvalue weighted by Crippen LogP contribution is 2.16. The molecule has 0 fully saturated rings. The second kappa shape index (κ2) is 8.53. The van der Waals surface area contributed by atoms with E-state index in [-0.39, 0.29) is 11.9 Å². The fraction of sp³-hybridized carbons (Fsp3) is 0.158. The summed E-state index contributed by atoms with van der Waals surface area (Å²) in [7, 11) is 1.56. The Balaban J connectivity index is 2.00. The molecular weight excluding hydrogens is 306 g/mol. The van der Waals surface area contributed by atoms with Crippen molar-refractivity contribution in [1.82, 2.24) is 0 Å². The molecular formula is C19H19NO4. The lowest BCUT2D eigenvalue weighted by atomic mass is 10.1. The fourth-order valence-electron chi connectivity index (χ4n) is 2.00. The van der Waals surface area contributed by atoms with Gasteiger partial charge in [0, 0.05) is 17.3 Å². The molecule has 0 spiro atoms. The van der Waals surface area contributed by atoms with Crippen molar-refractivity contribution >= 4 is 23.6 Å². The zero-order chi connectivity index (χ0) is 17.4. The molecule has 0 heterocycles. The highest BCUT2D eigenvalue weighted by Gasteiger charge is 2.07. The molecule has 5 nitrogen and oxygen atoms in total. The summed E-state index contributed by atoms with van der Waals surface area (Å²) in [4.78, 5) is 23.5. The number of methoxy groups -OCH3 is 1. The minimum atomic E-state index is -0.382. The van der Waals surface area contributed by atoms with Crippen LogP contribution >= 0.6 is 0 Å². The maximum absolute atomic E-state index is 12.2. The van der Waals surface area contributed by atoms with Crippen molar-refractivity contribution in [3.63, 3.8) is 0 Å². The van der Waals surface area contributed by atoms with E-state index in [0.717, 1.165) is 5.56 Å². The standard InChI is InChI=1S/C19H19NO4/c1-3-24-18(21)12-9-14-7-10-16(11-8-14)20-19(22)15-5-4-6-17(13-15)23-2/h4-13H,3H2,1-2H3,(H,20,22)/b12-9+. The lowest BCUT2D eigenvalue weighted by molar-refractivity contribution is -0.137. The predicted molar refractivity (Wildman–Crippen MR) is 93.1 cm³/mol.